The average molecular weight is 324 g/mol. The van der Waals surface area contributed by atoms with Crippen LogP contribution in [0.3, 0.4) is 0 Å². The van der Waals surface area contributed by atoms with E-state index < -0.39 is 15.6 Å². The summed E-state index contributed by atoms with van der Waals surface area (Å²) in [6, 6.07) is 7.89. The Morgan fingerprint density at radius 3 is 2.38 bits per heavy atom. The lowest BCUT2D eigenvalue weighted by Gasteiger charge is -2.31. The van der Waals surface area contributed by atoms with Gasteiger partial charge in [0, 0.05) is 0 Å². The van der Waals surface area contributed by atoms with Crippen LogP contribution in [0.15, 0.2) is 23.1 Å². The van der Waals surface area contributed by atoms with Gasteiger partial charge >= 0.3 is 0 Å². The summed E-state index contributed by atoms with van der Waals surface area (Å²) in [5.74, 6) is 0. The molecule has 21 heavy (non-hydrogen) atoms. The minimum absolute atomic E-state index is 0.0355. The third-order valence-electron chi connectivity index (χ3n) is 3.62. The van der Waals surface area contributed by atoms with E-state index in [4.69, 9.17) is 16.9 Å². The molecule has 1 aromatic carbocycles. The lowest BCUT2D eigenvalue weighted by molar-refractivity contribution is 0.338. The molecule has 7 heteroatoms. The van der Waals surface area contributed by atoms with Gasteiger partial charge in [0.05, 0.1) is 21.6 Å². The summed E-state index contributed by atoms with van der Waals surface area (Å²) in [6.07, 6.45) is 3.67. The molecule has 0 bridgehead atoms. The number of sulfonamides is 1. The topological polar surface area (TPSA) is 93.8 Å². The number of halogens is 1. The number of nitrogens with zero attached hydrogens (tertiary/aromatic N) is 2. The van der Waals surface area contributed by atoms with E-state index in [0.717, 1.165) is 19.3 Å². The first kappa shape index (κ1) is 15.8. The molecule has 110 valence electrons. The van der Waals surface area contributed by atoms with E-state index in [0.29, 0.717) is 12.8 Å². The highest BCUT2D eigenvalue weighted by Gasteiger charge is 2.36. The highest BCUT2D eigenvalue weighted by molar-refractivity contribution is 7.89. The van der Waals surface area contributed by atoms with Crippen LogP contribution in [0, 0.1) is 22.7 Å². The highest BCUT2D eigenvalue weighted by atomic mass is 35.5. The second-order valence-electron chi connectivity index (χ2n) is 5.11. The van der Waals surface area contributed by atoms with Gasteiger partial charge < -0.3 is 0 Å². The van der Waals surface area contributed by atoms with Gasteiger partial charge in [-0.2, -0.15) is 15.2 Å². The standard InChI is InChI=1S/C14H14ClN3O2S/c15-13-8-12(5-4-11(13)9-16)21(19,20)18-14(10-17)6-2-1-3-7-14/h4-5,8,18H,1-3,6-7H2. The van der Waals surface area contributed by atoms with Crippen molar-refractivity contribution in [3.05, 3.63) is 28.8 Å². The van der Waals surface area contributed by atoms with E-state index in [1.165, 1.54) is 18.2 Å². The second kappa shape index (κ2) is 6.03. The fourth-order valence-electron chi connectivity index (χ4n) is 2.46. The number of benzene rings is 1. The first-order valence-electron chi connectivity index (χ1n) is 6.57. The maximum Gasteiger partial charge on any atom is 0.241 e. The maximum absolute atomic E-state index is 12.4. The van der Waals surface area contributed by atoms with E-state index in [9.17, 15) is 13.7 Å². The number of hydrogen-bond donors (Lipinski definition) is 1. The predicted molar refractivity (Wildman–Crippen MR) is 77.9 cm³/mol. The minimum atomic E-state index is -3.84. The first-order chi connectivity index (χ1) is 9.92. The van der Waals surface area contributed by atoms with Crippen molar-refractivity contribution in [2.75, 3.05) is 0 Å². The molecule has 1 aliphatic carbocycles. The van der Waals surface area contributed by atoms with Crippen LogP contribution in [0.25, 0.3) is 0 Å². The molecule has 0 aromatic heterocycles. The lowest BCUT2D eigenvalue weighted by Crippen LogP contribution is -2.48. The molecule has 0 radical (unpaired) electrons. The Bertz CT molecular complexity index is 726. The van der Waals surface area contributed by atoms with Gasteiger partial charge in [0.1, 0.15) is 11.6 Å². The molecule has 0 amide bonds. The molecule has 0 atom stereocenters. The monoisotopic (exact) mass is 323 g/mol. The Morgan fingerprint density at radius 1 is 1.19 bits per heavy atom. The molecule has 1 saturated carbocycles. The van der Waals surface area contributed by atoms with Crippen LogP contribution in [0.1, 0.15) is 37.7 Å². The fraction of sp³-hybridized carbons (Fsp3) is 0.429. The van der Waals surface area contributed by atoms with Gasteiger partial charge in [-0.3, -0.25) is 0 Å². The zero-order chi connectivity index (χ0) is 15.5. The summed E-state index contributed by atoms with van der Waals surface area (Å²) in [5.41, 5.74) is -0.833. The summed E-state index contributed by atoms with van der Waals surface area (Å²) in [4.78, 5) is -0.0355. The van der Waals surface area contributed by atoms with E-state index in [1.54, 1.807) is 0 Å². The summed E-state index contributed by atoms with van der Waals surface area (Å²) < 4.78 is 27.3. The first-order valence-corrected chi connectivity index (χ1v) is 8.43. The van der Waals surface area contributed by atoms with Gasteiger partial charge in [-0.15, -0.1) is 0 Å². The van der Waals surface area contributed by atoms with Crippen molar-refractivity contribution in [2.24, 2.45) is 0 Å². The van der Waals surface area contributed by atoms with Crippen LogP contribution in [0.4, 0.5) is 0 Å². The molecule has 1 aromatic rings. The molecule has 0 spiro atoms. The van der Waals surface area contributed by atoms with Crippen LogP contribution >= 0.6 is 11.6 Å². The van der Waals surface area contributed by atoms with Crippen molar-refractivity contribution in [1.29, 1.82) is 10.5 Å². The third kappa shape index (κ3) is 3.36. The second-order valence-corrected chi connectivity index (χ2v) is 7.20. The summed E-state index contributed by atoms with van der Waals surface area (Å²) in [6.45, 7) is 0. The highest BCUT2D eigenvalue weighted by Crippen LogP contribution is 2.30. The molecule has 1 fully saturated rings. The Labute approximate surface area is 129 Å². The number of nitriles is 2. The Balaban J connectivity index is 2.32. The van der Waals surface area contributed by atoms with Crippen molar-refractivity contribution in [1.82, 2.24) is 4.72 Å². The normalized spacial score (nSPS) is 17.7. The van der Waals surface area contributed by atoms with Gasteiger partial charge in [0.25, 0.3) is 0 Å². The Hall–Kier alpha value is -1.60. The third-order valence-corrected chi connectivity index (χ3v) is 5.47. The van der Waals surface area contributed by atoms with Crippen LogP contribution in [-0.4, -0.2) is 14.0 Å². The smallest absolute Gasteiger partial charge is 0.207 e. The van der Waals surface area contributed by atoms with Gasteiger partial charge in [-0.05, 0) is 31.0 Å². The van der Waals surface area contributed by atoms with Crippen molar-refractivity contribution >= 4 is 21.6 Å². The zero-order valence-electron chi connectivity index (χ0n) is 11.3. The Kier molecular flexibility index (Phi) is 4.53. The van der Waals surface area contributed by atoms with Gasteiger partial charge in [-0.1, -0.05) is 30.9 Å². The zero-order valence-corrected chi connectivity index (χ0v) is 12.8. The largest absolute Gasteiger partial charge is 0.241 e. The fourth-order valence-corrected chi connectivity index (χ4v) is 4.15. The molecule has 0 unspecified atom stereocenters. The summed E-state index contributed by atoms with van der Waals surface area (Å²) in [7, 11) is -3.84. The summed E-state index contributed by atoms with van der Waals surface area (Å²) >= 11 is 5.87. The van der Waals surface area contributed by atoms with Crippen LogP contribution < -0.4 is 4.72 Å². The van der Waals surface area contributed by atoms with E-state index in [2.05, 4.69) is 10.8 Å². The number of nitrogens with one attached hydrogen (secondary N) is 1. The quantitative estimate of drug-likeness (QED) is 0.925. The molecular formula is C14H14ClN3O2S. The van der Waals surface area contributed by atoms with E-state index in [1.807, 2.05) is 6.07 Å². The summed E-state index contributed by atoms with van der Waals surface area (Å²) in [5, 5.41) is 18.2. The van der Waals surface area contributed by atoms with Crippen LogP contribution in [0.5, 0.6) is 0 Å². The SMILES string of the molecule is N#Cc1ccc(S(=O)(=O)NC2(C#N)CCCCC2)cc1Cl. The molecule has 1 aliphatic rings. The predicted octanol–water partition coefficient (Wildman–Crippen LogP) is 2.72. The van der Waals surface area contributed by atoms with E-state index >= 15 is 0 Å². The van der Waals surface area contributed by atoms with E-state index in [-0.39, 0.29) is 15.5 Å². The van der Waals surface area contributed by atoms with Gasteiger partial charge in [0.15, 0.2) is 0 Å². The molecule has 1 N–H and O–H groups in total. The Morgan fingerprint density at radius 2 is 1.86 bits per heavy atom. The maximum atomic E-state index is 12.4. The van der Waals surface area contributed by atoms with Gasteiger partial charge in [-0.25, -0.2) is 8.42 Å². The number of rotatable bonds is 3. The van der Waals surface area contributed by atoms with Crippen LogP contribution in [0.2, 0.25) is 5.02 Å². The molecule has 2 rings (SSSR count). The van der Waals surface area contributed by atoms with Crippen LogP contribution in [-0.2, 0) is 10.0 Å². The molecule has 0 heterocycles. The lowest BCUT2D eigenvalue weighted by atomic mass is 9.84. The minimum Gasteiger partial charge on any atom is -0.207 e. The van der Waals surface area contributed by atoms with Crippen molar-refractivity contribution in [3.8, 4) is 12.1 Å². The molecular weight excluding hydrogens is 310 g/mol. The molecule has 5 nitrogen and oxygen atoms in total. The van der Waals surface area contributed by atoms with Crippen molar-refractivity contribution < 1.29 is 8.42 Å². The molecule has 0 aliphatic heterocycles. The van der Waals surface area contributed by atoms with Gasteiger partial charge in [0.2, 0.25) is 10.0 Å². The van der Waals surface area contributed by atoms with Crippen molar-refractivity contribution in [2.45, 2.75) is 42.5 Å². The number of hydrogen-bond acceptors (Lipinski definition) is 4. The average Bonchev–Trinajstić information content (AvgIpc) is 2.47. The molecule has 0 saturated heterocycles. The van der Waals surface area contributed by atoms with Crippen molar-refractivity contribution in [3.63, 3.8) is 0 Å².